The number of benzene rings is 1. The summed E-state index contributed by atoms with van der Waals surface area (Å²) >= 11 is 5.74. The van der Waals surface area contributed by atoms with E-state index in [1.54, 1.807) is 11.9 Å². The minimum absolute atomic E-state index is 0.00106. The molecule has 0 aliphatic rings. The number of carbonyl (C=O) groups is 1. The summed E-state index contributed by atoms with van der Waals surface area (Å²) < 4.78 is 1.22. The highest BCUT2D eigenvalue weighted by atomic mass is 35.5. The van der Waals surface area contributed by atoms with Gasteiger partial charge in [0.15, 0.2) is 5.69 Å². The van der Waals surface area contributed by atoms with Gasteiger partial charge in [0, 0.05) is 18.6 Å². The van der Waals surface area contributed by atoms with Crippen LogP contribution in [0.15, 0.2) is 51.5 Å². The monoisotopic (exact) mass is 391 g/mol. The molecule has 2 rings (SSSR count). The maximum absolute atomic E-state index is 12.5. The first-order chi connectivity index (χ1) is 12.7. The summed E-state index contributed by atoms with van der Waals surface area (Å²) in [6.07, 6.45) is 0. The molecule has 0 atom stereocenters. The molecule has 144 valence electrons. The van der Waals surface area contributed by atoms with Crippen LogP contribution < -0.4 is 21.9 Å². The maximum atomic E-state index is 12.5. The lowest BCUT2D eigenvalue weighted by atomic mass is 10.2. The van der Waals surface area contributed by atoms with E-state index in [4.69, 9.17) is 17.3 Å². The molecule has 8 nitrogen and oxygen atoms in total. The topological polar surface area (TPSA) is 104 Å². The van der Waals surface area contributed by atoms with Gasteiger partial charge in [-0.25, -0.2) is 4.79 Å². The second-order valence-electron chi connectivity index (χ2n) is 6.21. The van der Waals surface area contributed by atoms with E-state index >= 15 is 0 Å². The highest BCUT2D eigenvalue weighted by Crippen LogP contribution is 2.16. The van der Waals surface area contributed by atoms with Crippen molar-refractivity contribution in [2.24, 2.45) is 0 Å². The molecule has 0 aliphatic carbocycles. The van der Waals surface area contributed by atoms with Gasteiger partial charge in [0.05, 0.1) is 13.1 Å². The van der Waals surface area contributed by atoms with Crippen LogP contribution >= 0.6 is 11.6 Å². The molecule has 1 aromatic heterocycles. The van der Waals surface area contributed by atoms with Crippen molar-refractivity contribution >= 4 is 29.0 Å². The van der Waals surface area contributed by atoms with Crippen LogP contribution in [0.3, 0.4) is 0 Å². The molecule has 0 spiro atoms. The number of carbonyl (C=O) groups excluding carboxylic acids is 1. The van der Waals surface area contributed by atoms with Crippen molar-refractivity contribution in [1.29, 1.82) is 0 Å². The molecule has 1 amide bonds. The number of nitrogens with one attached hydrogen (secondary N) is 1. The first-order valence-electron chi connectivity index (χ1n) is 8.15. The Balaban J connectivity index is 2.34. The molecule has 0 bridgehead atoms. The number of nitrogens with two attached hydrogens (primary N) is 1. The van der Waals surface area contributed by atoms with Crippen LogP contribution in [-0.4, -0.2) is 47.5 Å². The number of aromatic amines is 1. The van der Waals surface area contributed by atoms with E-state index in [0.29, 0.717) is 11.6 Å². The van der Waals surface area contributed by atoms with Gasteiger partial charge in [-0.3, -0.25) is 24.0 Å². The van der Waals surface area contributed by atoms with Gasteiger partial charge in [0.1, 0.15) is 5.82 Å². The van der Waals surface area contributed by atoms with Crippen molar-refractivity contribution in [2.45, 2.75) is 6.54 Å². The molecular weight excluding hydrogens is 370 g/mol. The fourth-order valence-electron chi connectivity index (χ4n) is 2.63. The molecule has 0 radical (unpaired) electrons. The second-order valence-corrected chi connectivity index (χ2v) is 6.74. The summed E-state index contributed by atoms with van der Waals surface area (Å²) in [7, 11) is 3.13. The van der Waals surface area contributed by atoms with Crippen molar-refractivity contribution in [2.75, 3.05) is 37.8 Å². The minimum Gasteiger partial charge on any atom is -0.383 e. The van der Waals surface area contributed by atoms with E-state index in [1.807, 2.05) is 30.3 Å². The highest BCUT2D eigenvalue weighted by molar-refractivity contribution is 6.29. The summed E-state index contributed by atoms with van der Waals surface area (Å²) in [6, 6.07) is 9.18. The number of nitrogens with zero attached hydrogens (tertiary/aromatic N) is 3. The Hall–Kier alpha value is -2.84. The van der Waals surface area contributed by atoms with E-state index in [-0.39, 0.29) is 30.5 Å². The number of aromatic nitrogens is 2. The molecule has 2 aromatic rings. The van der Waals surface area contributed by atoms with E-state index < -0.39 is 11.2 Å². The lowest BCUT2D eigenvalue weighted by molar-refractivity contribution is -0.119. The van der Waals surface area contributed by atoms with Gasteiger partial charge in [0.2, 0.25) is 5.91 Å². The average Bonchev–Trinajstić information content (AvgIpc) is 2.58. The zero-order valence-electron chi connectivity index (χ0n) is 15.2. The van der Waals surface area contributed by atoms with Gasteiger partial charge >= 0.3 is 5.69 Å². The predicted octanol–water partition coefficient (Wildman–Crippen LogP) is 0.814. The normalized spacial score (nSPS) is 10.8. The zero-order chi connectivity index (χ0) is 20.1. The lowest BCUT2D eigenvalue weighted by Crippen LogP contribution is -2.42. The van der Waals surface area contributed by atoms with Gasteiger partial charge in [0.25, 0.3) is 5.56 Å². The SMILES string of the molecule is C=C(Cl)CN(C)CC(=O)N(C)c1c(N)n(Cc2ccccc2)c(=O)[nH]c1=O. The molecule has 3 N–H and O–H groups in total. The Morgan fingerprint density at radius 2 is 1.85 bits per heavy atom. The Bertz CT molecular complexity index is 952. The van der Waals surface area contributed by atoms with E-state index in [9.17, 15) is 14.4 Å². The van der Waals surface area contributed by atoms with Gasteiger partial charge in [-0.05, 0) is 12.6 Å². The number of H-pyrrole nitrogens is 1. The largest absolute Gasteiger partial charge is 0.383 e. The minimum atomic E-state index is -0.720. The summed E-state index contributed by atoms with van der Waals surface area (Å²) in [4.78, 5) is 42.0. The third-order valence-corrected chi connectivity index (χ3v) is 4.07. The summed E-state index contributed by atoms with van der Waals surface area (Å²) in [6.45, 7) is 4.07. The molecule has 1 heterocycles. The fraction of sp³-hybridized carbons (Fsp3) is 0.278. The molecule has 1 aromatic carbocycles. The molecule has 0 unspecified atom stereocenters. The fourth-order valence-corrected chi connectivity index (χ4v) is 2.84. The first kappa shape index (κ1) is 20.5. The third-order valence-electron chi connectivity index (χ3n) is 3.95. The molecular formula is C18H22ClN5O3. The standard InChI is InChI=1S/C18H22ClN5O3/c1-12(19)9-22(2)11-14(25)23(3)15-16(20)24(18(27)21-17(15)26)10-13-7-5-4-6-8-13/h4-8H,1,9-11,20H2,2-3H3,(H,21,26,27). The Morgan fingerprint density at radius 3 is 2.44 bits per heavy atom. The van der Waals surface area contributed by atoms with Crippen LogP contribution in [0.4, 0.5) is 11.5 Å². The van der Waals surface area contributed by atoms with Crippen LogP contribution in [0.25, 0.3) is 0 Å². The summed E-state index contributed by atoms with van der Waals surface area (Å²) in [5.41, 5.74) is 5.48. The number of anilines is 2. The lowest BCUT2D eigenvalue weighted by Gasteiger charge is -2.23. The van der Waals surface area contributed by atoms with Gasteiger partial charge < -0.3 is 10.6 Å². The van der Waals surface area contributed by atoms with Crippen molar-refractivity contribution in [3.63, 3.8) is 0 Å². The highest BCUT2D eigenvalue weighted by Gasteiger charge is 2.22. The molecule has 27 heavy (non-hydrogen) atoms. The van der Waals surface area contributed by atoms with Crippen LogP contribution in [0.2, 0.25) is 0 Å². The number of amides is 1. The number of halogens is 1. The zero-order valence-corrected chi connectivity index (χ0v) is 16.0. The van der Waals surface area contributed by atoms with E-state index in [0.717, 1.165) is 10.5 Å². The van der Waals surface area contributed by atoms with Crippen LogP contribution in [0, 0.1) is 0 Å². The number of rotatable bonds is 7. The van der Waals surface area contributed by atoms with Crippen molar-refractivity contribution < 1.29 is 4.79 Å². The van der Waals surface area contributed by atoms with Crippen LogP contribution in [0.5, 0.6) is 0 Å². The predicted molar refractivity (Wildman–Crippen MR) is 107 cm³/mol. The number of hydrogen-bond acceptors (Lipinski definition) is 5. The second kappa shape index (κ2) is 8.70. The molecule has 0 fully saturated rings. The van der Waals surface area contributed by atoms with Gasteiger partial charge in [-0.2, -0.15) is 0 Å². The van der Waals surface area contributed by atoms with Gasteiger partial charge in [-0.1, -0.05) is 48.5 Å². The van der Waals surface area contributed by atoms with Crippen molar-refractivity contribution in [3.8, 4) is 0 Å². The summed E-state index contributed by atoms with van der Waals surface area (Å²) in [5.74, 6) is -0.453. The van der Waals surface area contributed by atoms with Gasteiger partial charge in [-0.15, -0.1) is 0 Å². The van der Waals surface area contributed by atoms with E-state index in [2.05, 4.69) is 11.6 Å². The smallest absolute Gasteiger partial charge is 0.330 e. The number of likely N-dealkylation sites (N-methyl/N-ethyl adjacent to an activating group) is 2. The van der Waals surface area contributed by atoms with Crippen LogP contribution in [0.1, 0.15) is 5.56 Å². The molecule has 9 heteroatoms. The number of hydrogen-bond donors (Lipinski definition) is 2. The van der Waals surface area contributed by atoms with Crippen LogP contribution in [-0.2, 0) is 11.3 Å². The Kier molecular flexibility index (Phi) is 6.59. The Morgan fingerprint density at radius 1 is 1.22 bits per heavy atom. The molecule has 0 saturated heterocycles. The van der Waals surface area contributed by atoms with Crippen molar-refractivity contribution in [1.82, 2.24) is 14.5 Å². The summed E-state index contributed by atoms with van der Waals surface area (Å²) in [5, 5.41) is 0.390. The molecule has 0 aliphatic heterocycles. The maximum Gasteiger partial charge on any atom is 0.330 e. The first-order valence-corrected chi connectivity index (χ1v) is 8.53. The van der Waals surface area contributed by atoms with E-state index in [1.165, 1.54) is 11.6 Å². The number of nitrogen functional groups attached to an aromatic ring is 1. The van der Waals surface area contributed by atoms with Crippen molar-refractivity contribution in [3.05, 3.63) is 68.3 Å². The Labute approximate surface area is 161 Å². The quantitative estimate of drug-likeness (QED) is 0.727. The average molecular weight is 392 g/mol. The third kappa shape index (κ3) is 5.08. The molecule has 0 saturated carbocycles.